The van der Waals surface area contributed by atoms with Crippen LogP contribution in [-0.4, -0.2) is 29.4 Å². The fraction of sp³-hybridized carbons (Fsp3) is 0.304. The zero-order chi connectivity index (χ0) is 23.8. The Balaban J connectivity index is 1.56. The van der Waals surface area contributed by atoms with E-state index >= 15 is 0 Å². The van der Waals surface area contributed by atoms with Gasteiger partial charge >= 0.3 is 5.97 Å². The largest absolute Gasteiger partial charge is 0.481 e. The summed E-state index contributed by atoms with van der Waals surface area (Å²) in [6.07, 6.45) is -0.374. The summed E-state index contributed by atoms with van der Waals surface area (Å²) < 4.78 is 28.6. The van der Waals surface area contributed by atoms with E-state index in [1.54, 1.807) is 12.1 Å². The Hall–Kier alpha value is -2.46. The van der Waals surface area contributed by atoms with Crippen molar-refractivity contribution in [1.29, 1.82) is 0 Å². The van der Waals surface area contributed by atoms with Crippen molar-refractivity contribution in [2.24, 2.45) is 5.92 Å². The van der Waals surface area contributed by atoms with Crippen LogP contribution in [-0.2, 0) is 34.3 Å². The van der Waals surface area contributed by atoms with Gasteiger partial charge in [-0.25, -0.2) is 13.4 Å². The maximum Gasteiger partial charge on any atom is 0.307 e. The number of halogens is 1. The summed E-state index contributed by atoms with van der Waals surface area (Å²) in [4.78, 5) is 19.1. The van der Waals surface area contributed by atoms with Crippen LogP contribution in [0.25, 0.3) is 0 Å². The number of hydrogen-bond acceptors (Lipinski definition) is 6. The minimum absolute atomic E-state index is 0.0486. The van der Waals surface area contributed by atoms with E-state index in [1.807, 2.05) is 24.3 Å². The van der Waals surface area contributed by atoms with Crippen LogP contribution in [0.4, 0.5) is 5.13 Å². The van der Waals surface area contributed by atoms with Gasteiger partial charge in [-0.3, -0.25) is 14.4 Å². The number of aromatic nitrogens is 1. The number of thiazole rings is 1. The molecule has 1 aromatic heterocycles. The maximum atomic E-state index is 13.0. The minimum Gasteiger partial charge on any atom is -0.481 e. The predicted molar refractivity (Wildman–Crippen MR) is 129 cm³/mol. The van der Waals surface area contributed by atoms with E-state index in [4.69, 9.17) is 16.7 Å². The molecule has 0 saturated carbocycles. The Labute approximate surface area is 202 Å². The predicted octanol–water partition coefficient (Wildman–Crippen LogP) is 4.94. The second kappa shape index (κ2) is 9.42. The van der Waals surface area contributed by atoms with Crippen LogP contribution < -0.4 is 4.72 Å². The third-order valence-corrected chi connectivity index (χ3v) is 8.30. The number of benzene rings is 2. The van der Waals surface area contributed by atoms with Gasteiger partial charge in [0.2, 0.25) is 0 Å². The second-order valence-corrected chi connectivity index (χ2v) is 11.5. The van der Waals surface area contributed by atoms with Crippen molar-refractivity contribution in [1.82, 2.24) is 9.88 Å². The summed E-state index contributed by atoms with van der Waals surface area (Å²) in [7, 11) is -3.97. The van der Waals surface area contributed by atoms with Gasteiger partial charge in [0.05, 0.1) is 23.1 Å². The highest BCUT2D eigenvalue weighted by atomic mass is 35.5. The molecule has 0 saturated heterocycles. The first-order valence-electron chi connectivity index (χ1n) is 10.4. The average Bonchev–Trinajstić information content (AvgIpc) is 3.25. The van der Waals surface area contributed by atoms with E-state index in [2.05, 4.69) is 28.5 Å². The molecule has 1 aliphatic heterocycles. The van der Waals surface area contributed by atoms with Crippen LogP contribution >= 0.6 is 22.9 Å². The number of nitrogens with zero attached hydrogens (tertiary/aromatic N) is 2. The van der Waals surface area contributed by atoms with Gasteiger partial charge < -0.3 is 5.11 Å². The van der Waals surface area contributed by atoms with Crippen molar-refractivity contribution in [3.8, 4) is 0 Å². The molecule has 7 nitrogen and oxygen atoms in total. The molecule has 0 bridgehead atoms. The highest BCUT2D eigenvalue weighted by Crippen LogP contribution is 2.43. The number of hydrogen-bond donors (Lipinski definition) is 2. The van der Waals surface area contributed by atoms with E-state index in [0.29, 0.717) is 16.7 Å². The van der Waals surface area contributed by atoms with Crippen molar-refractivity contribution in [3.05, 3.63) is 75.3 Å². The normalized spacial score (nSPS) is 16.2. The number of anilines is 1. The molecule has 33 heavy (non-hydrogen) atoms. The zero-order valence-electron chi connectivity index (χ0n) is 18.2. The number of aliphatic carboxylic acids is 1. The van der Waals surface area contributed by atoms with Crippen LogP contribution in [0.5, 0.6) is 0 Å². The quantitative estimate of drug-likeness (QED) is 0.450. The lowest BCUT2D eigenvalue weighted by Crippen LogP contribution is -2.26. The van der Waals surface area contributed by atoms with Gasteiger partial charge in [-0.15, -0.1) is 0 Å². The number of carbonyl (C=O) groups is 1. The molecule has 1 aliphatic rings. The molecule has 0 aliphatic carbocycles. The maximum absolute atomic E-state index is 13.0. The van der Waals surface area contributed by atoms with Gasteiger partial charge in [-0.1, -0.05) is 67.1 Å². The summed E-state index contributed by atoms with van der Waals surface area (Å²) in [5.41, 5.74) is 2.27. The lowest BCUT2D eigenvalue weighted by molar-refractivity contribution is -0.136. The molecule has 10 heteroatoms. The van der Waals surface area contributed by atoms with Gasteiger partial charge in [0.25, 0.3) is 10.0 Å². The molecule has 0 radical (unpaired) electrons. The van der Waals surface area contributed by atoms with Crippen molar-refractivity contribution in [2.45, 2.75) is 44.3 Å². The Morgan fingerprint density at radius 3 is 2.61 bits per heavy atom. The van der Waals surface area contributed by atoms with Crippen LogP contribution in [0, 0.1) is 5.92 Å². The molecule has 0 fully saturated rings. The van der Waals surface area contributed by atoms with Crippen LogP contribution in [0.15, 0.2) is 53.4 Å². The molecule has 0 amide bonds. The molecule has 4 rings (SSSR count). The number of sulfonamides is 1. The average molecular weight is 506 g/mol. The fourth-order valence-electron chi connectivity index (χ4n) is 4.17. The van der Waals surface area contributed by atoms with Crippen LogP contribution in [0.2, 0.25) is 5.02 Å². The molecule has 174 valence electrons. The SMILES string of the molecule is CC(C)C1c2nc(NS(=O)(=O)c3ccccc3CC(=O)O)sc2CN1Cc1ccc(Cl)cc1. The van der Waals surface area contributed by atoms with Crippen molar-refractivity contribution in [3.63, 3.8) is 0 Å². The standard InChI is InChI=1S/C23H24ClN3O4S2/c1-14(2)22-21-18(13-27(22)12-15-7-9-17(24)10-8-15)32-23(25-21)26-33(30,31)19-6-4-3-5-16(19)11-20(28)29/h3-10,14,22H,11-13H2,1-2H3,(H,25,26)(H,28,29). The summed E-state index contributed by atoms with van der Waals surface area (Å²) in [6.45, 7) is 5.67. The summed E-state index contributed by atoms with van der Waals surface area (Å²) in [5.74, 6) is -0.812. The summed E-state index contributed by atoms with van der Waals surface area (Å²) in [6, 6.07) is 13.9. The van der Waals surface area contributed by atoms with Gasteiger partial charge in [-0.2, -0.15) is 0 Å². The molecule has 2 heterocycles. The van der Waals surface area contributed by atoms with E-state index < -0.39 is 16.0 Å². The molecular formula is C23H24ClN3O4S2. The number of carboxylic acids is 1. The van der Waals surface area contributed by atoms with E-state index in [0.717, 1.165) is 22.7 Å². The van der Waals surface area contributed by atoms with Crippen molar-refractivity contribution >= 4 is 44.1 Å². The number of nitrogens with one attached hydrogen (secondary N) is 1. The van der Waals surface area contributed by atoms with Gasteiger partial charge in [0.15, 0.2) is 5.13 Å². The van der Waals surface area contributed by atoms with E-state index in [1.165, 1.54) is 23.5 Å². The smallest absolute Gasteiger partial charge is 0.307 e. The van der Waals surface area contributed by atoms with E-state index in [-0.39, 0.29) is 28.8 Å². The molecule has 0 spiro atoms. The summed E-state index contributed by atoms with van der Waals surface area (Å²) in [5, 5.41) is 10.1. The summed E-state index contributed by atoms with van der Waals surface area (Å²) >= 11 is 7.33. The number of carboxylic acid groups (broad SMARTS) is 1. The van der Waals surface area contributed by atoms with E-state index in [9.17, 15) is 13.2 Å². The zero-order valence-corrected chi connectivity index (χ0v) is 20.5. The molecule has 1 atom stereocenters. The lowest BCUT2D eigenvalue weighted by atomic mass is 10.0. The van der Waals surface area contributed by atoms with Gasteiger partial charge in [0, 0.05) is 23.0 Å². The third kappa shape index (κ3) is 5.22. The topological polar surface area (TPSA) is 99.6 Å². The second-order valence-electron chi connectivity index (χ2n) is 8.33. The minimum atomic E-state index is -3.97. The lowest BCUT2D eigenvalue weighted by Gasteiger charge is -2.27. The Bertz CT molecular complexity index is 1270. The highest BCUT2D eigenvalue weighted by molar-refractivity contribution is 7.93. The van der Waals surface area contributed by atoms with Crippen LogP contribution in [0.3, 0.4) is 0 Å². The monoisotopic (exact) mass is 505 g/mol. The Morgan fingerprint density at radius 1 is 1.24 bits per heavy atom. The van der Waals surface area contributed by atoms with Crippen molar-refractivity contribution in [2.75, 3.05) is 4.72 Å². The van der Waals surface area contributed by atoms with Gasteiger partial charge in [0.1, 0.15) is 0 Å². The molecule has 3 aromatic rings. The Morgan fingerprint density at radius 2 is 1.94 bits per heavy atom. The van der Waals surface area contributed by atoms with Crippen LogP contribution in [0.1, 0.15) is 41.6 Å². The Kier molecular flexibility index (Phi) is 6.76. The van der Waals surface area contributed by atoms with Gasteiger partial charge in [-0.05, 0) is 35.2 Å². The first-order valence-corrected chi connectivity index (χ1v) is 13.1. The number of rotatable bonds is 8. The highest BCUT2D eigenvalue weighted by Gasteiger charge is 2.36. The first-order chi connectivity index (χ1) is 15.6. The number of fused-ring (bicyclic) bond motifs is 1. The molecule has 2 aromatic carbocycles. The molecular weight excluding hydrogens is 482 g/mol. The molecule has 1 unspecified atom stereocenters. The van der Waals surface area contributed by atoms with Crippen molar-refractivity contribution < 1.29 is 18.3 Å². The third-order valence-electron chi connectivity index (χ3n) is 5.50. The molecule has 2 N–H and O–H groups in total. The fourth-order valence-corrected chi connectivity index (χ4v) is 6.80. The first kappa shape index (κ1) is 23.7.